The zero-order chi connectivity index (χ0) is 18.2. The molecule has 2 aliphatic rings. The van der Waals surface area contributed by atoms with Gasteiger partial charge in [0.05, 0.1) is 11.3 Å². The molecule has 5 heteroatoms. The van der Waals surface area contributed by atoms with Crippen molar-refractivity contribution in [1.82, 2.24) is 20.2 Å². The van der Waals surface area contributed by atoms with E-state index >= 15 is 0 Å². The van der Waals surface area contributed by atoms with Crippen LogP contribution in [0.4, 0.5) is 0 Å². The number of aryl methyl sites for hydroxylation is 1. The maximum Gasteiger partial charge on any atom is 0.257 e. The molecule has 0 radical (unpaired) electrons. The molecule has 0 unspecified atom stereocenters. The maximum atomic E-state index is 12.6. The molecule has 1 aliphatic carbocycles. The van der Waals surface area contributed by atoms with Gasteiger partial charge in [0.15, 0.2) is 0 Å². The second kappa shape index (κ2) is 6.83. The lowest BCUT2D eigenvalue weighted by atomic mass is 9.99. The second-order valence-corrected chi connectivity index (χ2v) is 7.52. The number of aromatic amines is 2. The molecule has 27 heavy (non-hydrogen) atoms. The number of rotatable bonds is 3. The van der Waals surface area contributed by atoms with Gasteiger partial charge in [0.25, 0.3) is 5.56 Å². The number of H-pyrrole nitrogens is 2. The van der Waals surface area contributed by atoms with Gasteiger partial charge < -0.3 is 15.3 Å². The highest BCUT2D eigenvalue weighted by molar-refractivity contribution is 5.86. The van der Waals surface area contributed by atoms with Crippen LogP contribution >= 0.6 is 0 Å². The van der Waals surface area contributed by atoms with E-state index in [1.54, 1.807) is 0 Å². The molecule has 1 aromatic carbocycles. The van der Waals surface area contributed by atoms with Gasteiger partial charge in [-0.3, -0.25) is 9.69 Å². The Morgan fingerprint density at radius 2 is 1.93 bits per heavy atom. The summed E-state index contributed by atoms with van der Waals surface area (Å²) in [4.78, 5) is 21.5. The van der Waals surface area contributed by atoms with Crippen LogP contribution in [0.15, 0.2) is 41.2 Å². The van der Waals surface area contributed by atoms with E-state index in [2.05, 4.69) is 50.5 Å². The lowest BCUT2D eigenvalue weighted by Crippen LogP contribution is -2.42. The molecule has 5 nitrogen and oxygen atoms in total. The topological polar surface area (TPSA) is 63.9 Å². The van der Waals surface area contributed by atoms with Gasteiger partial charge in [-0.2, -0.15) is 0 Å². The molecule has 0 amide bonds. The molecule has 1 saturated heterocycles. The molecule has 1 fully saturated rings. The zero-order valence-electron chi connectivity index (χ0n) is 15.3. The van der Waals surface area contributed by atoms with E-state index < -0.39 is 0 Å². The number of fused-ring (bicyclic) bond motifs is 2. The van der Waals surface area contributed by atoms with Gasteiger partial charge in [-0.1, -0.05) is 12.1 Å². The van der Waals surface area contributed by atoms with Crippen LogP contribution < -0.4 is 10.9 Å². The molecule has 3 aromatic rings. The van der Waals surface area contributed by atoms with E-state index in [1.165, 1.54) is 11.1 Å². The van der Waals surface area contributed by atoms with Crippen LogP contribution in [0, 0.1) is 0 Å². The van der Waals surface area contributed by atoms with Gasteiger partial charge in [-0.25, -0.2) is 0 Å². The molecule has 0 atom stereocenters. The van der Waals surface area contributed by atoms with Gasteiger partial charge in [-0.05, 0) is 54.3 Å². The number of allylic oxidation sites excluding steroid dienone is 1. The molecule has 3 heterocycles. The molecule has 2 aromatic heterocycles. The first-order valence-electron chi connectivity index (χ1n) is 9.74. The first kappa shape index (κ1) is 16.5. The van der Waals surface area contributed by atoms with Gasteiger partial charge in [0.1, 0.15) is 0 Å². The number of piperazine rings is 1. The minimum absolute atomic E-state index is 0.0344. The van der Waals surface area contributed by atoms with Gasteiger partial charge in [0.2, 0.25) is 0 Å². The third kappa shape index (κ3) is 3.24. The highest BCUT2D eigenvalue weighted by atomic mass is 16.1. The van der Waals surface area contributed by atoms with Gasteiger partial charge >= 0.3 is 0 Å². The highest BCUT2D eigenvalue weighted by Gasteiger charge is 2.14. The zero-order valence-corrected chi connectivity index (χ0v) is 15.3. The van der Waals surface area contributed by atoms with Crippen molar-refractivity contribution in [2.75, 3.05) is 26.2 Å². The Hall–Kier alpha value is -2.63. The normalized spacial score (nSPS) is 17.3. The summed E-state index contributed by atoms with van der Waals surface area (Å²) in [5, 5.41) is 4.56. The Balaban J connectivity index is 1.48. The summed E-state index contributed by atoms with van der Waals surface area (Å²) in [6.07, 6.45) is 6.13. The van der Waals surface area contributed by atoms with Gasteiger partial charge in [-0.15, -0.1) is 0 Å². The fraction of sp³-hybridized carbons (Fsp3) is 0.318. The molecule has 138 valence electrons. The number of pyridine rings is 1. The van der Waals surface area contributed by atoms with E-state index in [1.807, 2.05) is 12.1 Å². The van der Waals surface area contributed by atoms with E-state index in [9.17, 15) is 4.79 Å². The molecule has 5 rings (SSSR count). The number of aromatic nitrogens is 2. The van der Waals surface area contributed by atoms with Crippen molar-refractivity contribution in [2.45, 2.75) is 19.4 Å². The summed E-state index contributed by atoms with van der Waals surface area (Å²) in [6.45, 7) is 5.29. The summed E-state index contributed by atoms with van der Waals surface area (Å²) in [5.41, 5.74) is 6.14. The number of nitrogens with one attached hydrogen (secondary N) is 3. The Morgan fingerprint density at radius 1 is 1.04 bits per heavy atom. The maximum absolute atomic E-state index is 12.6. The van der Waals surface area contributed by atoms with Crippen molar-refractivity contribution in [3.05, 3.63) is 63.6 Å². The van der Waals surface area contributed by atoms with Crippen molar-refractivity contribution >= 4 is 17.0 Å². The fourth-order valence-electron chi connectivity index (χ4n) is 4.14. The Kier molecular flexibility index (Phi) is 4.19. The molecule has 0 bridgehead atoms. The van der Waals surface area contributed by atoms with Gasteiger partial charge in [0, 0.05) is 49.3 Å². The monoisotopic (exact) mass is 360 g/mol. The predicted molar refractivity (Wildman–Crippen MR) is 110 cm³/mol. The second-order valence-electron chi connectivity index (χ2n) is 7.52. The Labute approximate surface area is 158 Å². The Morgan fingerprint density at radius 3 is 2.81 bits per heavy atom. The lowest BCUT2D eigenvalue weighted by Gasteiger charge is -2.27. The van der Waals surface area contributed by atoms with E-state index in [0.29, 0.717) is 0 Å². The summed E-state index contributed by atoms with van der Waals surface area (Å²) >= 11 is 0. The number of nitrogens with zero attached hydrogens (tertiary/aromatic N) is 1. The molecular formula is C22H24N4O. The number of benzene rings is 1. The molecule has 0 spiro atoms. The quantitative estimate of drug-likeness (QED) is 0.673. The van der Waals surface area contributed by atoms with Crippen LogP contribution in [0.25, 0.3) is 28.2 Å². The summed E-state index contributed by atoms with van der Waals surface area (Å²) in [5.74, 6) is 0. The van der Waals surface area contributed by atoms with Crippen LogP contribution in [0.2, 0.25) is 0 Å². The third-order valence-corrected chi connectivity index (χ3v) is 5.61. The van der Waals surface area contributed by atoms with E-state index in [4.69, 9.17) is 0 Å². The molecule has 0 saturated carbocycles. The Bertz CT molecular complexity index is 1070. The van der Waals surface area contributed by atoms with Crippen LogP contribution in [-0.2, 0) is 13.0 Å². The van der Waals surface area contributed by atoms with Crippen molar-refractivity contribution < 1.29 is 0 Å². The number of hydrogen-bond acceptors (Lipinski definition) is 3. The van der Waals surface area contributed by atoms with Crippen molar-refractivity contribution in [3.63, 3.8) is 0 Å². The van der Waals surface area contributed by atoms with Crippen molar-refractivity contribution in [3.8, 4) is 11.3 Å². The van der Waals surface area contributed by atoms with E-state index in [0.717, 1.165) is 73.4 Å². The van der Waals surface area contributed by atoms with Crippen LogP contribution in [0.3, 0.4) is 0 Å². The first-order chi connectivity index (χ1) is 13.3. The lowest BCUT2D eigenvalue weighted by molar-refractivity contribution is 0.233. The van der Waals surface area contributed by atoms with Crippen molar-refractivity contribution in [2.24, 2.45) is 0 Å². The number of hydrogen-bond donors (Lipinski definition) is 3. The smallest absolute Gasteiger partial charge is 0.257 e. The average molecular weight is 360 g/mol. The fourth-order valence-corrected chi connectivity index (χ4v) is 4.14. The minimum atomic E-state index is -0.0344. The SMILES string of the molecule is O=c1[nH]c2c(cc1-c1cc3cc(CN4CCNCC4)ccc3[nH]1)CCC=C2. The third-order valence-electron chi connectivity index (χ3n) is 5.61. The molecule has 3 N–H and O–H groups in total. The first-order valence-corrected chi connectivity index (χ1v) is 9.74. The summed E-state index contributed by atoms with van der Waals surface area (Å²) in [7, 11) is 0. The molecule has 1 aliphatic heterocycles. The largest absolute Gasteiger partial charge is 0.354 e. The standard InChI is InChI=1S/C22H24N4O/c27-22-18(12-16-3-1-2-4-19(16)25-22)21-13-17-11-15(5-6-20(17)24-21)14-26-9-7-23-8-10-26/h2,4-6,11-13,23-24H,1,3,7-10,14H2,(H,25,27). The summed E-state index contributed by atoms with van der Waals surface area (Å²) < 4.78 is 0. The van der Waals surface area contributed by atoms with Crippen LogP contribution in [-0.4, -0.2) is 41.0 Å². The minimum Gasteiger partial charge on any atom is -0.354 e. The van der Waals surface area contributed by atoms with Crippen molar-refractivity contribution in [1.29, 1.82) is 0 Å². The predicted octanol–water partition coefficient (Wildman–Crippen LogP) is 2.89. The van der Waals surface area contributed by atoms with Crippen LogP contribution in [0.5, 0.6) is 0 Å². The molecular weight excluding hydrogens is 336 g/mol. The highest BCUT2D eigenvalue weighted by Crippen LogP contribution is 2.26. The van der Waals surface area contributed by atoms with E-state index in [-0.39, 0.29) is 5.56 Å². The van der Waals surface area contributed by atoms with Crippen LogP contribution in [0.1, 0.15) is 23.2 Å². The summed E-state index contributed by atoms with van der Waals surface area (Å²) in [6, 6.07) is 10.7. The average Bonchev–Trinajstić information content (AvgIpc) is 3.11.